The number of Topliss-reactive ketones (excluding diaryl/α,β-unsaturated/α-hetero) is 1. The van der Waals surface area contributed by atoms with Crippen LogP contribution in [0.4, 0.5) is 0 Å². The van der Waals surface area contributed by atoms with Crippen molar-refractivity contribution in [3.05, 3.63) is 35.9 Å². The lowest BCUT2D eigenvalue weighted by Crippen LogP contribution is -2.57. The third kappa shape index (κ3) is 1.81. The first-order valence-corrected chi connectivity index (χ1v) is 6.39. The van der Waals surface area contributed by atoms with Gasteiger partial charge in [-0.3, -0.25) is 4.79 Å². The van der Waals surface area contributed by atoms with E-state index in [1.807, 2.05) is 6.07 Å². The molecule has 1 spiro atoms. The van der Waals surface area contributed by atoms with Crippen LogP contribution in [-0.4, -0.2) is 11.4 Å². The molecular weight excluding hydrogens is 212 g/mol. The first kappa shape index (κ1) is 11.0. The summed E-state index contributed by atoms with van der Waals surface area (Å²) < 4.78 is 6.24. The van der Waals surface area contributed by atoms with E-state index in [1.54, 1.807) is 0 Å². The molecule has 0 aromatic heterocycles. The summed E-state index contributed by atoms with van der Waals surface area (Å²) in [6, 6.07) is 10.4. The highest BCUT2D eigenvalue weighted by atomic mass is 16.6. The summed E-state index contributed by atoms with van der Waals surface area (Å²) in [7, 11) is 0. The Morgan fingerprint density at radius 2 is 1.71 bits per heavy atom. The lowest BCUT2D eigenvalue weighted by atomic mass is 9.69. The van der Waals surface area contributed by atoms with Gasteiger partial charge in [-0.15, -0.1) is 0 Å². The molecule has 1 aliphatic heterocycles. The molecule has 90 valence electrons. The number of carbonyl (C=O) groups excluding carboxylic acids is 1. The number of hydrogen-bond donors (Lipinski definition) is 0. The highest BCUT2D eigenvalue weighted by Crippen LogP contribution is 2.53. The predicted molar refractivity (Wildman–Crippen MR) is 65.7 cm³/mol. The van der Waals surface area contributed by atoms with Gasteiger partial charge in [0.1, 0.15) is 5.78 Å². The minimum absolute atomic E-state index is 0.00149. The number of carbonyl (C=O) groups is 1. The molecule has 0 amide bonds. The lowest BCUT2D eigenvalue weighted by Gasteiger charge is -2.56. The molecule has 0 bridgehead atoms. The Morgan fingerprint density at radius 1 is 1.12 bits per heavy atom. The fourth-order valence-corrected chi connectivity index (χ4v) is 3.30. The minimum atomic E-state index is -0.137. The van der Waals surface area contributed by atoms with Gasteiger partial charge in [-0.05, 0) is 25.3 Å². The fourth-order valence-electron chi connectivity index (χ4n) is 3.30. The van der Waals surface area contributed by atoms with Gasteiger partial charge >= 0.3 is 0 Å². The van der Waals surface area contributed by atoms with Crippen molar-refractivity contribution in [1.82, 2.24) is 0 Å². The van der Waals surface area contributed by atoms with Crippen LogP contribution in [0.1, 0.15) is 44.6 Å². The molecule has 0 radical (unpaired) electrons. The first-order valence-electron chi connectivity index (χ1n) is 6.39. The van der Waals surface area contributed by atoms with E-state index in [-0.39, 0.29) is 11.2 Å². The van der Waals surface area contributed by atoms with E-state index in [2.05, 4.69) is 31.2 Å². The highest BCUT2D eigenvalue weighted by Gasteiger charge is 2.54. The van der Waals surface area contributed by atoms with Crippen molar-refractivity contribution < 1.29 is 9.53 Å². The van der Waals surface area contributed by atoms with Gasteiger partial charge in [0.05, 0.1) is 11.2 Å². The van der Waals surface area contributed by atoms with Crippen LogP contribution in [0.3, 0.4) is 0 Å². The molecule has 1 aliphatic carbocycles. The van der Waals surface area contributed by atoms with E-state index in [0.717, 1.165) is 19.3 Å². The van der Waals surface area contributed by atoms with Crippen molar-refractivity contribution in [2.75, 3.05) is 0 Å². The van der Waals surface area contributed by atoms with E-state index in [4.69, 9.17) is 4.74 Å². The number of benzene rings is 1. The Hall–Kier alpha value is -1.15. The van der Waals surface area contributed by atoms with Crippen molar-refractivity contribution in [2.24, 2.45) is 0 Å². The van der Waals surface area contributed by atoms with Crippen molar-refractivity contribution in [2.45, 2.75) is 50.2 Å². The summed E-state index contributed by atoms with van der Waals surface area (Å²) in [5.74, 6) is 0.396. The van der Waals surface area contributed by atoms with Gasteiger partial charge in [0.15, 0.2) is 0 Å². The van der Waals surface area contributed by atoms with E-state index < -0.39 is 0 Å². The van der Waals surface area contributed by atoms with Crippen LogP contribution in [0.15, 0.2) is 30.3 Å². The van der Waals surface area contributed by atoms with Gasteiger partial charge in [0.2, 0.25) is 0 Å². The summed E-state index contributed by atoms with van der Waals surface area (Å²) in [4.78, 5) is 11.3. The molecule has 1 saturated heterocycles. The van der Waals surface area contributed by atoms with Gasteiger partial charge in [0, 0.05) is 19.3 Å². The zero-order chi connectivity index (χ0) is 11.9. The molecule has 3 rings (SSSR count). The van der Waals surface area contributed by atoms with Gasteiger partial charge in [-0.2, -0.15) is 0 Å². The van der Waals surface area contributed by atoms with Crippen molar-refractivity contribution in [1.29, 1.82) is 0 Å². The summed E-state index contributed by atoms with van der Waals surface area (Å²) in [5, 5.41) is 0. The van der Waals surface area contributed by atoms with Crippen molar-refractivity contribution >= 4 is 5.78 Å². The molecule has 1 aromatic carbocycles. The maximum atomic E-state index is 11.3. The van der Waals surface area contributed by atoms with Crippen LogP contribution in [0.2, 0.25) is 0 Å². The quantitative estimate of drug-likeness (QED) is 0.740. The third-order valence-corrected chi connectivity index (χ3v) is 4.20. The fraction of sp³-hybridized carbons (Fsp3) is 0.533. The average molecular weight is 230 g/mol. The van der Waals surface area contributed by atoms with E-state index in [0.29, 0.717) is 18.6 Å². The van der Waals surface area contributed by atoms with Gasteiger partial charge < -0.3 is 4.74 Å². The second kappa shape index (κ2) is 3.67. The third-order valence-electron chi connectivity index (χ3n) is 4.20. The van der Waals surface area contributed by atoms with Crippen LogP contribution < -0.4 is 0 Å². The van der Waals surface area contributed by atoms with Gasteiger partial charge in [0.25, 0.3) is 0 Å². The Balaban J connectivity index is 1.73. The number of rotatable bonds is 1. The van der Waals surface area contributed by atoms with E-state index >= 15 is 0 Å². The van der Waals surface area contributed by atoms with Crippen LogP contribution in [-0.2, 0) is 15.1 Å². The summed E-state index contributed by atoms with van der Waals surface area (Å²) >= 11 is 0. The van der Waals surface area contributed by atoms with Crippen molar-refractivity contribution in [3.63, 3.8) is 0 Å². The summed E-state index contributed by atoms with van der Waals surface area (Å²) in [6.45, 7) is 2.16. The molecule has 0 N–H and O–H groups in total. The Kier molecular flexibility index (Phi) is 2.37. The smallest absolute Gasteiger partial charge is 0.133 e. The summed E-state index contributed by atoms with van der Waals surface area (Å²) in [6.07, 6.45) is 4.27. The molecule has 17 heavy (non-hydrogen) atoms. The monoisotopic (exact) mass is 230 g/mol. The van der Waals surface area contributed by atoms with Crippen LogP contribution in [0.25, 0.3) is 0 Å². The zero-order valence-corrected chi connectivity index (χ0v) is 10.2. The first-order chi connectivity index (χ1) is 8.12. The van der Waals surface area contributed by atoms with Crippen molar-refractivity contribution in [3.8, 4) is 0 Å². The van der Waals surface area contributed by atoms with Crippen LogP contribution >= 0.6 is 0 Å². The average Bonchev–Trinajstić information content (AvgIpc) is 2.32. The maximum absolute atomic E-state index is 11.3. The number of ether oxygens (including phenoxy) is 1. The second-order valence-electron chi connectivity index (χ2n) is 5.60. The van der Waals surface area contributed by atoms with Gasteiger partial charge in [-0.1, -0.05) is 30.3 Å². The molecule has 1 atom stereocenters. The summed E-state index contributed by atoms with van der Waals surface area (Å²) in [5.41, 5.74) is 1.11. The van der Waals surface area contributed by atoms with Crippen LogP contribution in [0.5, 0.6) is 0 Å². The van der Waals surface area contributed by atoms with E-state index in [9.17, 15) is 4.79 Å². The number of ketones is 1. The number of hydrogen-bond acceptors (Lipinski definition) is 2. The second-order valence-corrected chi connectivity index (χ2v) is 5.60. The molecule has 2 fully saturated rings. The molecule has 2 aliphatic rings. The van der Waals surface area contributed by atoms with Crippen LogP contribution in [0, 0.1) is 0 Å². The molecule has 0 unspecified atom stereocenters. The molecule has 2 nitrogen and oxygen atoms in total. The van der Waals surface area contributed by atoms with E-state index in [1.165, 1.54) is 5.56 Å². The largest absolute Gasteiger partial charge is 0.364 e. The highest BCUT2D eigenvalue weighted by molar-refractivity contribution is 5.79. The minimum Gasteiger partial charge on any atom is -0.364 e. The Labute approximate surface area is 102 Å². The standard InChI is InChI=1S/C15H18O2/c1-14(12-5-3-2-4-6-12)11-15(17-14)9-7-13(16)8-10-15/h2-6H,7-11H2,1H3/t14-/m1/s1. The topological polar surface area (TPSA) is 26.3 Å². The molecule has 2 heteroatoms. The normalized spacial score (nSPS) is 31.2. The predicted octanol–water partition coefficient (Wildman–Crippen LogP) is 3.20. The maximum Gasteiger partial charge on any atom is 0.133 e. The Morgan fingerprint density at radius 3 is 2.29 bits per heavy atom. The molecule has 1 heterocycles. The molecular formula is C15H18O2. The SMILES string of the molecule is C[C@]1(c2ccccc2)CC2(CCC(=O)CC2)O1. The zero-order valence-electron chi connectivity index (χ0n) is 10.2. The molecule has 1 saturated carbocycles. The lowest BCUT2D eigenvalue weighted by molar-refractivity contribution is -0.281. The van der Waals surface area contributed by atoms with Gasteiger partial charge in [-0.25, -0.2) is 0 Å². The Bertz CT molecular complexity index is 417. The molecule has 1 aromatic rings.